The SMILES string of the molecule is C=CCN[C](=[W])c1ccccc1. The second-order valence-corrected chi connectivity index (χ2v) is 3.83. The van der Waals surface area contributed by atoms with Gasteiger partial charge in [0.05, 0.1) is 0 Å². The van der Waals surface area contributed by atoms with Gasteiger partial charge in [-0.15, -0.1) is 0 Å². The fraction of sp³-hybridized carbons (Fsp3) is 0.100. The zero-order valence-corrected chi connectivity index (χ0v) is 9.72. The number of rotatable bonds is 4. The van der Waals surface area contributed by atoms with Crippen LogP contribution in [0.15, 0.2) is 43.0 Å². The first kappa shape index (κ1) is 9.57. The van der Waals surface area contributed by atoms with Crippen molar-refractivity contribution in [1.29, 1.82) is 0 Å². The molecule has 0 heterocycles. The first-order valence-corrected chi connectivity index (χ1v) is 5.25. The van der Waals surface area contributed by atoms with Crippen LogP contribution in [0.5, 0.6) is 0 Å². The molecule has 0 radical (unpaired) electrons. The summed E-state index contributed by atoms with van der Waals surface area (Å²) in [5.41, 5.74) is 1.27. The summed E-state index contributed by atoms with van der Waals surface area (Å²) in [7, 11) is 0. The summed E-state index contributed by atoms with van der Waals surface area (Å²) in [6.07, 6.45) is 1.87. The maximum absolute atomic E-state index is 3.66. The summed E-state index contributed by atoms with van der Waals surface area (Å²) in [6.45, 7) is 4.50. The van der Waals surface area contributed by atoms with Gasteiger partial charge in [-0.3, -0.25) is 0 Å². The fourth-order valence-electron chi connectivity index (χ4n) is 0.856. The molecule has 1 N–H and O–H groups in total. The first-order valence-electron chi connectivity index (χ1n) is 3.78. The third-order valence-corrected chi connectivity index (χ3v) is 2.81. The molecule has 0 unspecified atom stereocenters. The van der Waals surface area contributed by atoms with E-state index < -0.39 is 0 Å². The van der Waals surface area contributed by atoms with E-state index in [2.05, 4.69) is 24.0 Å². The zero-order chi connectivity index (χ0) is 8.81. The van der Waals surface area contributed by atoms with Crippen LogP contribution in [0.3, 0.4) is 0 Å². The topological polar surface area (TPSA) is 12.0 Å². The Labute approximate surface area is 83.9 Å². The first-order chi connectivity index (χ1) is 5.84. The predicted molar refractivity (Wildman–Crippen MR) is 48.8 cm³/mol. The number of hydrogen-bond donors (Lipinski definition) is 1. The van der Waals surface area contributed by atoms with Gasteiger partial charge in [-0.1, -0.05) is 0 Å². The average Bonchev–Trinajstić information content (AvgIpc) is 2.15. The van der Waals surface area contributed by atoms with Gasteiger partial charge >= 0.3 is 83.8 Å². The summed E-state index contributed by atoms with van der Waals surface area (Å²) in [5.74, 6) is 0. The summed E-state index contributed by atoms with van der Waals surface area (Å²) < 4.78 is 1.27. The van der Waals surface area contributed by atoms with Crippen LogP contribution in [0, 0.1) is 0 Å². The van der Waals surface area contributed by atoms with Crippen LogP contribution in [0.1, 0.15) is 5.56 Å². The van der Waals surface area contributed by atoms with E-state index in [0.717, 1.165) is 6.54 Å². The standard InChI is InChI=1S/C10H11N.W/c1-2-8-11-9-10-6-4-3-5-7-10;/h2-7,11H,1,8H2;. The van der Waals surface area contributed by atoms with Crippen molar-refractivity contribution in [2.45, 2.75) is 0 Å². The molecular formula is C10H11NW. The van der Waals surface area contributed by atoms with Crippen molar-refractivity contribution in [3.05, 3.63) is 48.6 Å². The monoisotopic (exact) mass is 329 g/mol. The fourth-order valence-corrected chi connectivity index (χ4v) is 1.64. The van der Waals surface area contributed by atoms with Crippen LogP contribution >= 0.6 is 0 Å². The molecule has 0 bridgehead atoms. The Kier molecular flexibility index (Phi) is 4.13. The number of nitrogens with one attached hydrogen (secondary N) is 1. The minimum absolute atomic E-state index is 0.841. The molecule has 0 atom stereocenters. The predicted octanol–water partition coefficient (Wildman–Crippen LogP) is 1.49. The Hall–Kier alpha value is -0.522. The van der Waals surface area contributed by atoms with Gasteiger partial charge in [0.15, 0.2) is 0 Å². The Morgan fingerprint density at radius 3 is 2.67 bits per heavy atom. The quantitative estimate of drug-likeness (QED) is 0.826. The van der Waals surface area contributed by atoms with E-state index in [4.69, 9.17) is 0 Å². The van der Waals surface area contributed by atoms with E-state index in [1.54, 1.807) is 0 Å². The van der Waals surface area contributed by atoms with E-state index in [1.807, 2.05) is 24.3 Å². The van der Waals surface area contributed by atoms with Gasteiger partial charge in [0, 0.05) is 0 Å². The molecule has 0 saturated carbocycles. The summed E-state index contributed by atoms with van der Waals surface area (Å²) in [6, 6.07) is 10.3. The van der Waals surface area contributed by atoms with Crippen molar-refractivity contribution in [1.82, 2.24) is 5.32 Å². The van der Waals surface area contributed by atoms with E-state index in [9.17, 15) is 0 Å². The molecule has 0 aliphatic carbocycles. The van der Waals surface area contributed by atoms with Crippen molar-refractivity contribution < 1.29 is 19.4 Å². The maximum atomic E-state index is 3.66. The molecule has 0 aliphatic heterocycles. The van der Waals surface area contributed by atoms with Crippen molar-refractivity contribution in [3.8, 4) is 0 Å². The minimum atomic E-state index is 0.841. The summed E-state index contributed by atoms with van der Waals surface area (Å²) in [5, 5.41) is 3.28. The van der Waals surface area contributed by atoms with Gasteiger partial charge in [0.1, 0.15) is 0 Å². The molecular weight excluding hydrogens is 318 g/mol. The summed E-state index contributed by atoms with van der Waals surface area (Å²) in [4.78, 5) is 0. The molecule has 0 amide bonds. The third-order valence-electron chi connectivity index (χ3n) is 1.44. The van der Waals surface area contributed by atoms with Gasteiger partial charge in [0.2, 0.25) is 0 Å². The molecule has 0 aliphatic rings. The molecule has 2 heteroatoms. The third kappa shape index (κ3) is 2.84. The van der Waals surface area contributed by atoms with E-state index in [1.165, 1.54) is 28.9 Å². The average molecular weight is 329 g/mol. The molecule has 0 spiro atoms. The molecule has 0 saturated heterocycles. The van der Waals surface area contributed by atoms with Gasteiger partial charge < -0.3 is 0 Å². The Morgan fingerprint density at radius 2 is 2.08 bits per heavy atom. The molecule has 62 valence electrons. The van der Waals surface area contributed by atoms with Crippen LogP contribution in [0.25, 0.3) is 0 Å². The van der Waals surface area contributed by atoms with Gasteiger partial charge in [0.25, 0.3) is 0 Å². The summed E-state index contributed by atoms with van der Waals surface area (Å²) >= 11 is 1.46. The van der Waals surface area contributed by atoms with Crippen molar-refractivity contribution in [3.63, 3.8) is 0 Å². The van der Waals surface area contributed by atoms with Gasteiger partial charge in [-0.05, 0) is 0 Å². The van der Waals surface area contributed by atoms with Crippen LogP contribution in [0.2, 0.25) is 0 Å². The number of benzene rings is 1. The normalized spacial score (nSPS) is 9.33. The molecule has 1 nitrogen and oxygen atoms in total. The van der Waals surface area contributed by atoms with E-state index in [-0.39, 0.29) is 0 Å². The van der Waals surface area contributed by atoms with Crippen molar-refractivity contribution in [2.75, 3.05) is 6.54 Å². The second kappa shape index (κ2) is 5.18. The molecule has 1 rings (SSSR count). The van der Waals surface area contributed by atoms with Crippen LogP contribution in [-0.4, -0.2) is 10.6 Å². The second-order valence-electron chi connectivity index (χ2n) is 2.36. The van der Waals surface area contributed by atoms with Crippen molar-refractivity contribution >= 4 is 4.02 Å². The van der Waals surface area contributed by atoms with Gasteiger partial charge in [-0.2, -0.15) is 0 Å². The Bertz CT molecular complexity index is 266. The molecule has 0 aromatic heterocycles. The van der Waals surface area contributed by atoms with Crippen LogP contribution in [-0.2, 0) is 19.4 Å². The molecule has 12 heavy (non-hydrogen) atoms. The molecule has 1 aromatic carbocycles. The van der Waals surface area contributed by atoms with Gasteiger partial charge in [-0.25, -0.2) is 0 Å². The van der Waals surface area contributed by atoms with E-state index >= 15 is 0 Å². The van der Waals surface area contributed by atoms with E-state index in [0.29, 0.717) is 0 Å². The molecule has 1 aromatic rings. The Balaban J connectivity index is 2.59. The van der Waals surface area contributed by atoms with Crippen LogP contribution in [0.4, 0.5) is 0 Å². The Morgan fingerprint density at radius 1 is 1.42 bits per heavy atom. The zero-order valence-electron chi connectivity index (χ0n) is 6.79. The molecule has 0 fully saturated rings. The number of hydrogen-bond acceptors (Lipinski definition) is 1. The van der Waals surface area contributed by atoms with Crippen LogP contribution < -0.4 is 5.32 Å². The van der Waals surface area contributed by atoms with Crippen molar-refractivity contribution in [2.24, 2.45) is 0 Å².